The Morgan fingerprint density at radius 2 is 1.88 bits per heavy atom. The molecule has 0 saturated heterocycles. The van der Waals surface area contributed by atoms with E-state index in [2.05, 4.69) is 5.32 Å². The van der Waals surface area contributed by atoms with Gasteiger partial charge in [0.1, 0.15) is 6.10 Å². The standard InChI is InChI=1S/C11H21NO4/c1-7(2)5-9(11(14)15)6-12-10(13)8(3)16-4/h7-9H,5-6H2,1-4H3,(H,12,13)(H,14,15). The van der Waals surface area contributed by atoms with Gasteiger partial charge in [0.25, 0.3) is 0 Å². The lowest BCUT2D eigenvalue weighted by Crippen LogP contribution is -2.39. The minimum atomic E-state index is -0.876. The van der Waals surface area contributed by atoms with Crippen LogP contribution in [0.3, 0.4) is 0 Å². The topological polar surface area (TPSA) is 75.6 Å². The zero-order valence-corrected chi connectivity index (χ0v) is 10.3. The minimum Gasteiger partial charge on any atom is -0.481 e. The number of carbonyl (C=O) groups excluding carboxylic acids is 1. The fourth-order valence-corrected chi connectivity index (χ4v) is 1.32. The van der Waals surface area contributed by atoms with Crippen LogP contribution < -0.4 is 5.32 Å². The lowest BCUT2D eigenvalue weighted by atomic mass is 9.97. The van der Waals surface area contributed by atoms with Crippen LogP contribution in [0.2, 0.25) is 0 Å². The number of methoxy groups -OCH3 is 1. The van der Waals surface area contributed by atoms with Crippen molar-refractivity contribution in [3.05, 3.63) is 0 Å². The van der Waals surface area contributed by atoms with E-state index in [9.17, 15) is 9.59 Å². The number of hydrogen-bond acceptors (Lipinski definition) is 3. The van der Waals surface area contributed by atoms with Gasteiger partial charge in [0.2, 0.25) is 5.91 Å². The van der Waals surface area contributed by atoms with Crippen molar-refractivity contribution >= 4 is 11.9 Å². The highest BCUT2D eigenvalue weighted by atomic mass is 16.5. The fraction of sp³-hybridized carbons (Fsp3) is 0.818. The van der Waals surface area contributed by atoms with E-state index in [1.165, 1.54) is 7.11 Å². The van der Waals surface area contributed by atoms with Crippen LogP contribution in [0.5, 0.6) is 0 Å². The SMILES string of the molecule is COC(C)C(=O)NCC(CC(C)C)C(=O)O. The van der Waals surface area contributed by atoms with Gasteiger partial charge in [-0.25, -0.2) is 0 Å². The summed E-state index contributed by atoms with van der Waals surface area (Å²) in [6.07, 6.45) is 0.00487. The average molecular weight is 231 g/mol. The lowest BCUT2D eigenvalue weighted by molar-refractivity contribution is -0.142. The Morgan fingerprint density at radius 3 is 2.25 bits per heavy atom. The predicted molar refractivity (Wildman–Crippen MR) is 60.1 cm³/mol. The first-order valence-electron chi connectivity index (χ1n) is 5.41. The Kier molecular flexibility index (Phi) is 6.72. The van der Waals surface area contributed by atoms with Gasteiger partial charge in [-0.05, 0) is 19.3 Å². The molecule has 5 heteroatoms. The molecule has 16 heavy (non-hydrogen) atoms. The fourth-order valence-electron chi connectivity index (χ4n) is 1.32. The summed E-state index contributed by atoms with van der Waals surface area (Å²) in [6.45, 7) is 5.68. The highest BCUT2D eigenvalue weighted by Crippen LogP contribution is 2.11. The molecule has 0 aliphatic rings. The number of hydrogen-bond donors (Lipinski definition) is 2. The van der Waals surface area contributed by atoms with Crippen LogP contribution in [0.4, 0.5) is 0 Å². The first-order valence-corrected chi connectivity index (χ1v) is 5.41. The molecule has 94 valence electrons. The zero-order chi connectivity index (χ0) is 12.7. The molecule has 0 heterocycles. The summed E-state index contributed by atoms with van der Waals surface area (Å²) < 4.78 is 4.83. The molecule has 0 radical (unpaired) electrons. The largest absolute Gasteiger partial charge is 0.481 e. The van der Waals surface area contributed by atoms with Crippen molar-refractivity contribution in [2.24, 2.45) is 11.8 Å². The van der Waals surface area contributed by atoms with E-state index in [0.29, 0.717) is 6.42 Å². The number of carboxylic acid groups (broad SMARTS) is 1. The van der Waals surface area contributed by atoms with Gasteiger partial charge in [0.05, 0.1) is 5.92 Å². The molecule has 2 atom stereocenters. The van der Waals surface area contributed by atoms with Gasteiger partial charge in [0.15, 0.2) is 0 Å². The van der Waals surface area contributed by atoms with Gasteiger partial charge in [0, 0.05) is 13.7 Å². The average Bonchev–Trinajstić information content (AvgIpc) is 2.21. The van der Waals surface area contributed by atoms with E-state index in [1.54, 1.807) is 6.92 Å². The van der Waals surface area contributed by atoms with Gasteiger partial charge in [-0.3, -0.25) is 9.59 Å². The number of aliphatic carboxylic acids is 1. The van der Waals surface area contributed by atoms with E-state index >= 15 is 0 Å². The molecular weight excluding hydrogens is 210 g/mol. The molecule has 0 aliphatic carbocycles. The maximum absolute atomic E-state index is 11.4. The lowest BCUT2D eigenvalue weighted by Gasteiger charge is -2.16. The van der Waals surface area contributed by atoms with Crippen LogP contribution in [-0.4, -0.2) is 36.7 Å². The third-order valence-corrected chi connectivity index (χ3v) is 2.35. The summed E-state index contributed by atoms with van der Waals surface area (Å²) in [4.78, 5) is 22.3. The van der Waals surface area contributed by atoms with Crippen LogP contribution >= 0.6 is 0 Å². The summed E-state index contributed by atoms with van der Waals surface area (Å²) in [5.41, 5.74) is 0. The van der Waals surface area contributed by atoms with E-state index in [-0.39, 0.29) is 18.4 Å². The number of carboxylic acids is 1. The van der Waals surface area contributed by atoms with Gasteiger partial charge < -0.3 is 15.2 Å². The van der Waals surface area contributed by atoms with E-state index in [1.807, 2.05) is 13.8 Å². The first-order chi connectivity index (χ1) is 7.38. The number of amides is 1. The summed E-state index contributed by atoms with van der Waals surface area (Å²) >= 11 is 0. The molecule has 0 aromatic heterocycles. The van der Waals surface area contributed by atoms with Crippen molar-refractivity contribution in [2.45, 2.75) is 33.3 Å². The second-order valence-electron chi connectivity index (χ2n) is 4.29. The third kappa shape index (κ3) is 5.70. The van der Waals surface area contributed by atoms with Crippen molar-refractivity contribution in [2.75, 3.05) is 13.7 Å². The van der Waals surface area contributed by atoms with E-state index < -0.39 is 18.0 Å². The van der Waals surface area contributed by atoms with Crippen molar-refractivity contribution < 1.29 is 19.4 Å². The number of nitrogens with one attached hydrogen (secondary N) is 1. The molecule has 5 nitrogen and oxygen atoms in total. The molecule has 0 bridgehead atoms. The van der Waals surface area contributed by atoms with Gasteiger partial charge >= 0.3 is 5.97 Å². The van der Waals surface area contributed by atoms with Crippen molar-refractivity contribution in [1.29, 1.82) is 0 Å². The van der Waals surface area contributed by atoms with Gasteiger partial charge in [-0.1, -0.05) is 13.8 Å². The Morgan fingerprint density at radius 1 is 1.31 bits per heavy atom. The highest BCUT2D eigenvalue weighted by molar-refractivity contribution is 5.81. The second kappa shape index (κ2) is 7.22. The normalized spacial score (nSPS) is 14.6. The van der Waals surface area contributed by atoms with Crippen LogP contribution in [0.1, 0.15) is 27.2 Å². The maximum atomic E-state index is 11.4. The number of rotatable bonds is 7. The molecule has 0 aromatic carbocycles. The predicted octanol–water partition coefficient (Wildman–Crippen LogP) is 0.884. The third-order valence-electron chi connectivity index (χ3n) is 2.35. The van der Waals surface area contributed by atoms with Gasteiger partial charge in [-0.15, -0.1) is 0 Å². The monoisotopic (exact) mass is 231 g/mol. The maximum Gasteiger partial charge on any atom is 0.308 e. The minimum absolute atomic E-state index is 0.153. The smallest absolute Gasteiger partial charge is 0.308 e. The summed E-state index contributed by atoms with van der Waals surface area (Å²) in [5, 5.41) is 11.5. The molecule has 1 amide bonds. The Bertz CT molecular complexity index is 240. The molecule has 0 rings (SSSR count). The van der Waals surface area contributed by atoms with Crippen LogP contribution in [0.15, 0.2) is 0 Å². The second-order valence-corrected chi connectivity index (χ2v) is 4.29. The Balaban J connectivity index is 4.12. The Labute approximate surface area is 96.2 Å². The summed E-state index contributed by atoms with van der Waals surface area (Å²) in [7, 11) is 1.44. The quantitative estimate of drug-likeness (QED) is 0.682. The van der Waals surface area contributed by atoms with Crippen LogP contribution in [0, 0.1) is 11.8 Å². The molecule has 0 saturated carbocycles. The molecule has 0 spiro atoms. The summed E-state index contributed by atoms with van der Waals surface area (Å²) in [5.74, 6) is -1.40. The zero-order valence-electron chi connectivity index (χ0n) is 10.3. The Hall–Kier alpha value is -1.10. The van der Waals surface area contributed by atoms with E-state index in [4.69, 9.17) is 9.84 Å². The van der Waals surface area contributed by atoms with Crippen molar-refractivity contribution in [3.63, 3.8) is 0 Å². The molecule has 2 unspecified atom stereocenters. The molecular formula is C11H21NO4. The van der Waals surface area contributed by atoms with Crippen molar-refractivity contribution in [3.8, 4) is 0 Å². The van der Waals surface area contributed by atoms with Crippen LogP contribution in [-0.2, 0) is 14.3 Å². The van der Waals surface area contributed by atoms with Crippen molar-refractivity contribution in [1.82, 2.24) is 5.32 Å². The summed E-state index contributed by atoms with van der Waals surface area (Å²) in [6, 6.07) is 0. The van der Waals surface area contributed by atoms with E-state index in [0.717, 1.165) is 0 Å². The van der Waals surface area contributed by atoms with Crippen LogP contribution in [0.25, 0.3) is 0 Å². The number of carbonyl (C=O) groups is 2. The number of ether oxygens (including phenoxy) is 1. The van der Waals surface area contributed by atoms with Gasteiger partial charge in [-0.2, -0.15) is 0 Å². The molecule has 0 fully saturated rings. The first kappa shape index (κ1) is 14.9. The molecule has 2 N–H and O–H groups in total. The molecule has 0 aromatic rings. The molecule has 0 aliphatic heterocycles. The highest BCUT2D eigenvalue weighted by Gasteiger charge is 2.20.